The van der Waals surface area contributed by atoms with Crippen LogP contribution in [0.2, 0.25) is 0 Å². The molecule has 1 heterocycles. The monoisotopic (exact) mass is 297 g/mol. The van der Waals surface area contributed by atoms with Crippen molar-refractivity contribution in [2.45, 2.75) is 26.8 Å². The molecule has 3 N–H and O–H groups in total. The van der Waals surface area contributed by atoms with E-state index >= 15 is 0 Å². The van der Waals surface area contributed by atoms with Crippen LogP contribution < -0.4 is 10.6 Å². The van der Waals surface area contributed by atoms with E-state index in [1.54, 1.807) is 0 Å². The van der Waals surface area contributed by atoms with Gasteiger partial charge in [0.2, 0.25) is 0 Å². The van der Waals surface area contributed by atoms with Gasteiger partial charge in [-0.25, -0.2) is 4.79 Å². The summed E-state index contributed by atoms with van der Waals surface area (Å²) >= 11 is 0. The van der Waals surface area contributed by atoms with Crippen LogP contribution in [0.4, 0.5) is 10.5 Å². The maximum Gasteiger partial charge on any atom is 0.325 e. The van der Waals surface area contributed by atoms with Crippen molar-refractivity contribution in [3.05, 3.63) is 12.4 Å². The summed E-state index contributed by atoms with van der Waals surface area (Å²) in [6.07, 6.45) is 3.77. The average molecular weight is 297 g/mol. The van der Waals surface area contributed by atoms with Crippen LogP contribution in [0.3, 0.4) is 0 Å². The molecule has 8 heteroatoms. The maximum atomic E-state index is 11.6. The Morgan fingerprint density at radius 3 is 2.71 bits per heavy atom. The molecule has 0 aliphatic rings. The lowest BCUT2D eigenvalue weighted by Gasteiger charge is -2.17. The van der Waals surface area contributed by atoms with Gasteiger partial charge >= 0.3 is 12.0 Å². The van der Waals surface area contributed by atoms with Gasteiger partial charge in [-0.05, 0) is 26.1 Å². The number of carbonyl (C=O) groups excluding carboxylic acids is 1. The van der Waals surface area contributed by atoms with Crippen LogP contribution in [0, 0.1) is 0 Å². The Labute approximate surface area is 124 Å². The molecule has 0 unspecified atom stereocenters. The molecule has 0 aliphatic carbocycles. The first-order valence-electron chi connectivity index (χ1n) is 7.06. The Balaban J connectivity index is 2.24. The van der Waals surface area contributed by atoms with Crippen molar-refractivity contribution in [1.82, 2.24) is 20.0 Å². The van der Waals surface area contributed by atoms with Gasteiger partial charge in [-0.1, -0.05) is 13.8 Å². The molecule has 0 spiro atoms. The number of hydrogen-bond donors (Lipinski definition) is 3. The van der Waals surface area contributed by atoms with E-state index < -0.39 is 5.97 Å². The zero-order chi connectivity index (χ0) is 15.7. The number of aliphatic carboxylic acids is 1. The molecule has 0 saturated heterocycles. The summed E-state index contributed by atoms with van der Waals surface area (Å²) in [6, 6.07) is -0.315. The van der Waals surface area contributed by atoms with Crippen LogP contribution in [-0.2, 0) is 11.3 Å². The largest absolute Gasteiger partial charge is 0.480 e. The van der Waals surface area contributed by atoms with Crippen molar-refractivity contribution in [3.63, 3.8) is 0 Å². The van der Waals surface area contributed by atoms with Crippen LogP contribution in [0.15, 0.2) is 12.4 Å². The van der Waals surface area contributed by atoms with Crippen LogP contribution in [0.25, 0.3) is 0 Å². The van der Waals surface area contributed by atoms with Gasteiger partial charge in [-0.15, -0.1) is 0 Å². The van der Waals surface area contributed by atoms with Crippen molar-refractivity contribution in [3.8, 4) is 0 Å². The molecule has 1 aromatic heterocycles. The number of carboxylic acid groups (broad SMARTS) is 1. The van der Waals surface area contributed by atoms with Gasteiger partial charge in [-0.2, -0.15) is 5.10 Å². The molecule has 8 nitrogen and oxygen atoms in total. The zero-order valence-corrected chi connectivity index (χ0v) is 12.5. The molecule has 118 valence electrons. The molecule has 0 aliphatic heterocycles. The highest BCUT2D eigenvalue weighted by molar-refractivity contribution is 5.88. The topological polar surface area (TPSA) is 99.5 Å². The Hall–Kier alpha value is -2.09. The predicted octanol–water partition coefficient (Wildman–Crippen LogP) is 0.821. The third-order valence-corrected chi connectivity index (χ3v) is 3.02. The Morgan fingerprint density at radius 1 is 1.38 bits per heavy atom. The second-order valence-corrected chi connectivity index (χ2v) is 4.58. The molecule has 0 fully saturated rings. The summed E-state index contributed by atoms with van der Waals surface area (Å²) in [6.45, 7) is 7.54. The van der Waals surface area contributed by atoms with Crippen molar-refractivity contribution in [2.75, 3.05) is 31.5 Å². The van der Waals surface area contributed by atoms with E-state index in [0.717, 1.165) is 26.1 Å². The van der Waals surface area contributed by atoms with E-state index in [2.05, 4.69) is 34.5 Å². The molecule has 0 bridgehead atoms. The lowest BCUT2D eigenvalue weighted by atomic mass is 10.3. The summed E-state index contributed by atoms with van der Waals surface area (Å²) < 4.78 is 1.25. The average Bonchev–Trinajstić information content (AvgIpc) is 2.85. The number of anilines is 1. The number of nitrogens with one attached hydrogen (secondary N) is 2. The van der Waals surface area contributed by atoms with Crippen molar-refractivity contribution in [1.29, 1.82) is 0 Å². The molecular formula is C13H23N5O3. The molecule has 1 rings (SSSR count). The number of amides is 2. The first kappa shape index (κ1) is 17.0. The second kappa shape index (κ2) is 8.96. The Morgan fingerprint density at radius 2 is 2.10 bits per heavy atom. The molecule has 1 aromatic rings. The zero-order valence-electron chi connectivity index (χ0n) is 12.5. The van der Waals surface area contributed by atoms with Crippen LogP contribution >= 0.6 is 0 Å². The molecular weight excluding hydrogens is 274 g/mol. The lowest BCUT2D eigenvalue weighted by molar-refractivity contribution is -0.137. The number of hydrogen-bond acceptors (Lipinski definition) is 4. The lowest BCUT2D eigenvalue weighted by Crippen LogP contribution is -2.32. The smallest absolute Gasteiger partial charge is 0.325 e. The van der Waals surface area contributed by atoms with Gasteiger partial charge in [0.25, 0.3) is 0 Å². The normalized spacial score (nSPS) is 10.6. The molecule has 2 amide bonds. The number of urea groups is 1. The van der Waals surface area contributed by atoms with E-state index in [0.29, 0.717) is 12.2 Å². The quantitative estimate of drug-likeness (QED) is 0.586. The Bertz CT molecular complexity index is 456. The van der Waals surface area contributed by atoms with Gasteiger partial charge in [0, 0.05) is 12.7 Å². The third-order valence-electron chi connectivity index (χ3n) is 3.02. The first-order valence-corrected chi connectivity index (χ1v) is 7.06. The van der Waals surface area contributed by atoms with Crippen LogP contribution in [-0.4, -0.2) is 58.0 Å². The van der Waals surface area contributed by atoms with E-state index in [-0.39, 0.29) is 12.6 Å². The summed E-state index contributed by atoms with van der Waals surface area (Å²) in [4.78, 5) is 24.4. The highest BCUT2D eigenvalue weighted by Gasteiger charge is 2.06. The van der Waals surface area contributed by atoms with Gasteiger partial charge < -0.3 is 20.6 Å². The van der Waals surface area contributed by atoms with Crippen molar-refractivity contribution < 1.29 is 14.7 Å². The van der Waals surface area contributed by atoms with Crippen molar-refractivity contribution >= 4 is 17.7 Å². The fourth-order valence-corrected chi connectivity index (χ4v) is 1.87. The van der Waals surface area contributed by atoms with E-state index in [1.165, 1.54) is 17.1 Å². The van der Waals surface area contributed by atoms with E-state index in [4.69, 9.17) is 5.11 Å². The minimum atomic E-state index is -0.981. The maximum absolute atomic E-state index is 11.6. The van der Waals surface area contributed by atoms with Gasteiger partial charge in [0.1, 0.15) is 6.54 Å². The third kappa shape index (κ3) is 6.75. The molecule has 0 saturated carbocycles. The fourth-order valence-electron chi connectivity index (χ4n) is 1.87. The summed E-state index contributed by atoms with van der Waals surface area (Å²) in [5.74, 6) is -0.981. The second-order valence-electron chi connectivity index (χ2n) is 4.58. The SMILES string of the molecule is CCN(CC)CCCNC(=O)Nc1cnn(CC(=O)O)c1. The number of carbonyl (C=O) groups is 2. The number of rotatable bonds is 9. The number of aromatic nitrogens is 2. The minimum Gasteiger partial charge on any atom is -0.480 e. The summed E-state index contributed by atoms with van der Waals surface area (Å²) in [5, 5.41) is 17.8. The first-order chi connectivity index (χ1) is 10.0. The fraction of sp³-hybridized carbons (Fsp3) is 0.615. The van der Waals surface area contributed by atoms with Gasteiger partial charge in [0.15, 0.2) is 0 Å². The summed E-state index contributed by atoms with van der Waals surface area (Å²) in [5.41, 5.74) is 0.470. The van der Waals surface area contributed by atoms with E-state index in [1.807, 2.05) is 0 Å². The van der Waals surface area contributed by atoms with Crippen LogP contribution in [0.5, 0.6) is 0 Å². The molecule has 21 heavy (non-hydrogen) atoms. The molecule has 0 radical (unpaired) electrons. The van der Waals surface area contributed by atoms with Crippen LogP contribution in [0.1, 0.15) is 20.3 Å². The number of nitrogens with zero attached hydrogens (tertiary/aromatic N) is 3. The highest BCUT2D eigenvalue weighted by atomic mass is 16.4. The van der Waals surface area contributed by atoms with E-state index in [9.17, 15) is 9.59 Å². The minimum absolute atomic E-state index is 0.229. The molecule has 0 aromatic carbocycles. The predicted molar refractivity (Wildman–Crippen MR) is 79.3 cm³/mol. The standard InChI is InChI=1S/C13H23N5O3/c1-3-17(4-2)7-5-6-14-13(21)16-11-8-15-18(9-11)10-12(19)20/h8-9H,3-7,10H2,1-2H3,(H,19,20)(H2,14,16,21). The number of carboxylic acids is 1. The van der Waals surface area contributed by atoms with Crippen molar-refractivity contribution in [2.24, 2.45) is 0 Å². The van der Waals surface area contributed by atoms with Gasteiger partial charge in [0.05, 0.1) is 11.9 Å². The highest BCUT2D eigenvalue weighted by Crippen LogP contribution is 2.04. The summed E-state index contributed by atoms with van der Waals surface area (Å²) in [7, 11) is 0. The Kier molecular flexibility index (Phi) is 7.24. The molecule has 0 atom stereocenters. The van der Waals surface area contributed by atoms with Gasteiger partial charge in [-0.3, -0.25) is 9.48 Å².